The fourth-order valence-corrected chi connectivity index (χ4v) is 61.5. The van der Waals surface area contributed by atoms with Gasteiger partial charge in [-0.2, -0.15) is 0 Å². The van der Waals surface area contributed by atoms with E-state index in [0.717, 1.165) is 5.69 Å². The Kier molecular flexibility index (Phi) is 26.2. The van der Waals surface area contributed by atoms with Crippen molar-refractivity contribution in [2.75, 3.05) is 5.73 Å². The summed E-state index contributed by atoms with van der Waals surface area (Å²) in [4.78, 5) is 0. The van der Waals surface area contributed by atoms with Gasteiger partial charge in [0.25, 0.3) is 0 Å². The van der Waals surface area contributed by atoms with Gasteiger partial charge in [-0.3, -0.25) is 0 Å². The average Bonchev–Trinajstić information content (AvgIpc) is 3.50. The Morgan fingerprint density at radius 1 is 0.353 bits per heavy atom. The van der Waals surface area contributed by atoms with Crippen LogP contribution in [0.3, 0.4) is 0 Å². The van der Waals surface area contributed by atoms with E-state index in [1.807, 2.05) is 74.3 Å². The highest BCUT2D eigenvalue weighted by Crippen LogP contribution is 2.32. The number of nitrogens with zero attached hydrogens (tertiary/aromatic N) is 1. The Hall–Kier alpha value is 1.98. The van der Waals surface area contributed by atoms with Gasteiger partial charge in [-0.15, -0.1) is 0 Å². The number of fused-ring (bicyclic) bond motifs is 3. The molecule has 274 valence electrons. The molecular weight excluding hydrogens is 1120 g/mol. The third kappa shape index (κ3) is 17.6. The van der Waals surface area contributed by atoms with E-state index in [0.29, 0.717) is 0 Å². The van der Waals surface area contributed by atoms with Gasteiger partial charge in [0, 0.05) is 249 Å². The van der Waals surface area contributed by atoms with Gasteiger partial charge in [0.05, 0.1) is 11.0 Å². The minimum absolute atomic E-state index is 0.788. The van der Waals surface area contributed by atoms with Crippen LogP contribution in [0.25, 0.3) is 38.6 Å². The summed E-state index contributed by atoms with van der Waals surface area (Å²) in [7, 11) is 40.0. The maximum atomic E-state index is 5.80. The topological polar surface area (TPSA) is 30.9 Å². The molecule has 0 spiro atoms. The van der Waals surface area contributed by atoms with E-state index in [2.05, 4.69) is 89.5 Å². The highest BCUT2D eigenvalue weighted by Gasteiger charge is 2.11. The van der Waals surface area contributed by atoms with Crippen molar-refractivity contribution in [3.8, 4) is 16.8 Å². The summed E-state index contributed by atoms with van der Waals surface area (Å²) in [5, 5.41) is 2.57. The third-order valence-corrected chi connectivity index (χ3v) is 54.4. The number of aromatic nitrogens is 1. The molecule has 1 heterocycles. The van der Waals surface area contributed by atoms with Crippen LogP contribution in [-0.2, 0) is 227 Å². The molecule has 0 saturated carbocycles. The van der Waals surface area contributed by atoms with Crippen molar-refractivity contribution in [3.63, 3.8) is 0 Å². The molecule has 2 N–H and O–H groups in total. The average molecular weight is 1140 g/mol. The van der Waals surface area contributed by atoms with E-state index in [1.165, 1.54) is 56.4 Å². The maximum Gasteiger partial charge on any atom is 0.0541 e. The number of para-hydroxylation sites is 2. The second-order valence-corrected chi connectivity index (χ2v) is 48.8. The molecule has 0 fully saturated rings. The van der Waals surface area contributed by atoms with Crippen LogP contribution in [0.5, 0.6) is 0 Å². The van der Waals surface area contributed by atoms with E-state index in [-0.39, 0.29) is 0 Å². The Morgan fingerprint density at radius 3 is 0.980 bits per heavy atom. The van der Waals surface area contributed by atoms with Crippen molar-refractivity contribution < 1.29 is 0 Å². The van der Waals surface area contributed by atoms with Gasteiger partial charge in [0.2, 0.25) is 0 Å². The summed E-state index contributed by atoms with van der Waals surface area (Å²) in [5.74, 6) is 0. The minimum Gasteiger partial charge on any atom is -0.399 e. The van der Waals surface area contributed by atoms with E-state index in [1.54, 1.807) is 124 Å². The molecule has 0 amide bonds. The van der Waals surface area contributed by atoms with Crippen LogP contribution in [-0.4, -0.2) is 4.57 Å². The molecule has 5 rings (SSSR count). The molecule has 0 atom stereocenters. The summed E-state index contributed by atoms with van der Waals surface area (Å²) in [6.07, 6.45) is 0. The number of nitrogen functional groups attached to an aromatic ring is 1. The first-order valence-electron chi connectivity index (χ1n) is 12.8. The van der Waals surface area contributed by atoms with Crippen molar-refractivity contribution in [2.45, 2.75) is 0 Å². The minimum atomic E-state index is 0.788. The lowest BCUT2D eigenvalue weighted by Crippen LogP contribution is -1.93. The molecule has 0 saturated heterocycles. The van der Waals surface area contributed by atoms with Crippen molar-refractivity contribution in [1.82, 2.24) is 4.57 Å². The van der Waals surface area contributed by atoms with Gasteiger partial charge in [0.1, 0.15) is 0 Å². The molecule has 27 heteroatoms. The first kappa shape index (κ1) is 45.7. The molecule has 4 aromatic carbocycles. The molecule has 2 nitrogen and oxygen atoms in total. The summed E-state index contributed by atoms with van der Waals surface area (Å²) < 4.78 is 2.33. The fourth-order valence-electron chi connectivity index (χ4n) is 3.92. The van der Waals surface area contributed by atoms with Gasteiger partial charge in [0.15, 0.2) is 0 Å². The van der Waals surface area contributed by atoms with E-state index >= 15 is 0 Å². The van der Waals surface area contributed by atoms with Crippen LogP contribution in [0.1, 0.15) is 0 Å². The monoisotopic (exact) mass is 1130 g/mol. The Labute approximate surface area is 371 Å². The zero-order valence-electron chi connectivity index (χ0n) is 24.5. The first-order chi connectivity index (χ1) is 25.2. The fraction of sp³-hybridized carbons (Fsp3) is 0. The highest BCUT2D eigenvalue weighted by atomic mass is 33.5. The van der Waals surface area contributed by atoms with Gasteiger partial charge in [-0.05, 0) is 47.5 Å². The predicted molar refractivity (Wildman–Crippen MR) is 295 cm³/mol. The molecule has 0 aliphatic carbocycles. The summed E-state index contributed by atoms with van der Waals surface area (Å²) in [5.41, 5.74) is 12.6. The highest BCUT2D eigenvalue weighted by molar-refractivity contribution is 8.79. The quantitative estimate of drug-likeness (QED) is 0.222. The summed E-state index contributed by atoms with van der Waals surface area (Å²) in [6, 6.07) is 33.9. The Morgan fingerprint density at radius 2 is 0.647 bits per heavy atom. The number of anilines is 1. The van der Waals surface area contributed by atoms with Crippen LogP contribution >= 0.6 is 0 Å². The predicted octanol–water partition coefficient (Wildman–Crippen LogP) is 5.97. The van der Waals surface area contributed by atoms with Crippen molar-refractivity contribution in [1.29, 1.82) is 0 Å². The number of hydrogen-bond donors (Lipinski definition) is 1. The second kappa shape index (κ2) is 29.2. The number of nitrogens with two attached hydrogens (primary N) is 1. The second-order valence-electron chi connectivity index (χ2n) is 8.10. The van der Waals surface area contributed by atoms with E-state index in [9.17, 15) is 0 Å². The van der Waals surface area contributed by atoms with Crippen LogP contribution in [0.4, 0.5) is 5.69 Å². The third-order valence-electron chi connectivity index (χ3n) is 5.56. The molecule has 0 unspecified atom stereocenters. The smallest absolute Gasteiger partial charge is 0.0541 e. The zero-order chi connectivity index (χ0) is 35.8. The van der Waals surface area contributed by atoms with E-state index < -0.39 is 0 Å². The van der Waals surface area contributed by atoms with Gasteiger partial charge in [-0.25, -0.2) is 0 Å². The maximum absolute atomic E-state index is 5.80. The van der Waals surface area contributed by atoms with Crippen molar-refractivity contribution in [2.24, 2.45) is 0 Å². The number of hydrogen-bond acceptors (Lipinski definition) is 3. The van der Waals surface area contributed by atoms with Crippen LogP contribution in [0.15, 0.2) is 97.1 Å². The standard InChI is InChI=1S/C24H18N2.S25/c25-19-13-9-17(10-14-19)18-11-15-20(16-12-18)26-23-7-3-1-5-21(23)22-6-2-4-8-24(22)26;1-3-5-7-9-11-13-15-17-19-21-23-25-24-22-20-18-16-14-12-10-8-6-4-2/h1-16H,25H2;. The van der Waals surface area contributed by atoms with Crippen LogP contribution in [0, 0.1) is 0 Å². The number of rotatable bonds is 2. The molecule has 0 bridgehead atoms. The van der Waals surface area contributed by atoms with Crippen LogP contribution in [0.2, 0.25) is 0 Å². The molecule has 0 aliphatic heterocycles. The molecule has 5 aromatic rings. The van der Waals surface area contributed by atoms with E-state index in [4.69, 9.17) is 28.1 Å². The first-order valence-corrected chi connectivity index (χ1v) is 44.8. The Balaban J connectivity index is 0.000000229. The van der Waals surface area contributed by atoms with Gasteiger partial charge in [-0.1, -0.05) is 60.7 Å². The van der Waals surface area contributed by atoms with Gasteiger partial charge < -0.3 is 10.3 Å². The summed E-state index contributed by atoms with van der Waals surface area (Å²) in [6.45, 7) is 0. The molecule has 1 aromatic heterocycles. The SMILES string of the molecule is Nc1ccc(-c2ccc(-n3c4ccccc4c4ccccc43)cc2)cc1.S=S=S=S=S=S=S=S=S=S=S=S=S=S=S=S=S=S=S=S=S=S=S=S=S. The lowest BCUT2D eigenvalue weighted by atomic mass is 10.1. The lowest BCUT2D eigenvalue weighted by Gasteiger charge is -2.09. The number of benzene rings is 4. The summed E-state index contributed by atoms with van der Waals surface area (Å²) >= 11 is 9.55. The molecule has 51 heavy (non-hydrogen) atoms. The molecule has 0 radical (unpaired) electrons. The largest absolute Gasteiger partial charge is 0.399 e. The Bertz CT molecular complexity index is 2930. The normalized spacial score (nSPS) is 9.41. The lowest BCUT2D eigenvalue weighted by molar-refractivity contribution is 1.18. The van der Waals surface area contributed by atoms with Crippen molar-refractivity contribution in [3.05, 3.63) is 97.1 Å². The van der Waals surface area contributed by atoms with Crippen LogP contribution < -0.4 is 5.73 Å². The van der Waals surface area contributed by atoms with Crippen molar-refractivity contribution >= 4 is 254 Å². The van der Waals surface area contributed by atoms with Gasteiger partial charge >= 0.3 is 0 Å². The molecule has 0 aliphatic rings. The molecular formula is C24H18N2S25. The zero-order valence-corrected chi connectivity index (χ0v) is 44.9.